The molecule has 1 fully saturated rings. The third-order valence-corrected chi connectivity index (χ3v) is 8.81. The summed E-state index contributed by atoms with van der Waals surface area (Å²) in [5.74, 6) is 0.563. The fraction of sp³-hybridized carbons (Fsp3) is 0.406. The molecule has 0 unspecified atom stereocenters. The van der Waals surface area contributed by atoms with Crippen molar-refractivity contribution in [1.29, 1.82) is 0 Å². The quantitative estimate of drug-likeness (QED) is 0.287. The van der Waals surface area contributed by atoms with Crippen LogP contribution in [0.25, 0.3) is 22.1 Å². The SMILES string of the molecule is COC1(C(=O)N2CC=C(c3ccc4c(c3)c(N[C@H](C)c3cccc(C(F)(F)F)c3C)nc3cncn34)CC2)CCOCC1. The van der Waals surface area contributed by atoms with Crippen molar-refractivity contribution in [2.24, 2.45) is 0 Å². The van der Waals surface area contributed by atoms with Crippen LogP contribution < -0.4 is 5.32 Å². The lowest BCUT2D eigenvalue weighted by atomic mass is 9.91. The number of rotatable bonds is 6. The van der Waals surface area contributed by atoms with Gasteiger partial charge in [-0.1, -0.05) is 24.3 Å². The van der Waals surface area contributed by atoms with Crippen LogP contribution in [0, 0.1) is 6.92 Å². The van der Waals surface area contributed by atoms with Gasteiger partial charge in [-0.3, -0.25) is 9.20 Å². The van der Waals surface area contributed by atoms with Gasteiger partial charge in [0.05, 0.1) is 23.3 Å². The largest absolute Gasteiger partial charge is 0.416 e. The molecule has 2 aliphatic rings. The highest BCUT2D eigenvalue weighted by atomic mass is 19.4. The van der Waals surface area contributed by atoms with E-state index in [1.165, 1.54) is 13.0 Å². The van der Waals surface area contributed by atoms with E-state index in [9.17, 15) is 18.0 Å². The number of amides is 1. The van der Waals surface area contributed by atoms with E-state index in [4.69, 9.17) is 14.5 Å². The molecule has 0 bridgehead atoms. The number of imidazole rings is 1. The van der Waals surface area contributed by atoms with Gasteiger partial charge in [0.1, 0.15) is 12.1 Å². The van der Waals surface area contributed by atoms with E-state index in [2.05, 4.69) is 16.4 Å². The van der Waals surface area contributed by atoms with Crippen molar-refractivity contribution < 1.29 is 27.4 Å². The Morgan fingerprint density at radius 1 is 1.19 bits per heavy atom. The van der Waals surface area contributed by atoms with E-state index < -0.39 is 23.4 Å². The lowest BCUT2D eigenvalue weighted by Gasteiger charge is -2.39. The van der Waals surface area contributed by atoms with Gasteiger partial charge in [-0.2, -0.15) is 13.2 Å². The highest BCUT2D eigenvalue weighted by molar-refractivity contribution is 5.94. The van der Waals surface area contributed by atoms with Crippen LogP contribution in [-0.2, 0) is 20.4 Å². The zero-order chi connectivity index (χ0) is 30.4. The molecular weight excluding hydrogens is 559 g/mol. The average Bonchev–Trinajstić information content (AvgIpc) is 3.49. The number of benzene rings is 2. The molecule has 2 aromatic heterocycles. The number of nitrogens with zero attached hydrogens (tertiary/aromatic N) is 4. The highest BCUT2D eigenvalue weighted by Crippen LogP contribution is 2.37. The molecule has 1 saturated heterocycles. The Hall–Kier alpha value is -3.96. The van der Waals surface area contributed by atoms with Crippen LogP contribution in [0.3, 0.4) is 0 Å². The fourth-order valence-corrected chi connectivity index (χ4v) is 6.30. The summed E-state index contributed by atoms with van der Waals surface area (Å²) < 4.78 is 53.9. The smallest absolute Gasteiger partial charge is 0.381 e. The Bertz CT molecular complexity index is 1710. The van der Waals surface area contributed by atoms with Gasteiger partial charge in [-0.15, -0.1) is 0 Å². The van der Waals surface area contributed by atoms with Crippen molar-refractivity contribution in [3.05, 3.63) is 77.3 Å². The minimum absolute atomic E-state index is 0.00386. The average molecular weight is 594 g/mol. The standard InChI is InChI=1S/C32H34F3N5O3/c1-20-24(5-4-6-26(20)32(33,34)35)21(2)37-29-25-17-23(7-8-27(25)40-19-36-18-28(40)38-29)22-9-13-39(14-10-22)30(41)31(42-3)11-15-43-16-12-31/h4-9,17-19,21H,10-16H2,1-3H3,(H,37,38)/t21-/m1/s1. The van der Waals surface area contributed by atoms with Crippen LogP contribution in [0.2, 0.25) is 0 Å². The van der Waals surface area contributed by atoms with Gasteiger partial charge in [0, 0.05) is 51.6 Å². The summed E-state index contributed by atoms with van der Waals surface area (Å²) >= 11 is 0. The molecule has 2 aromatic carbocycles. The molecule has 0 saturated carbocycles. The third kappa shape index (κ3) is 5.36. The van der Waals surface area contributed by atoms with Crippen LogP contribution >= 0.6 is 0 Å². The molecule has 4 aromatic rings. The number of ether oxygens (including phenoxy) is 2. The summed E-state index contributed by atoms with van der Waals surface area (Å²) in [7, 11) is 1.59. The maximum Gasteiger partial charge on any atom is 0.416 e. The van der Waals surface area contributed by atoms with Gasteiger partial charge in [0.2, 0.25) is 0 Å². The van der Waals surface area contributed by atoms with E-state index >= 15 is 0 Å². The second-order valence-electron chi connectivity index (χ2n) is 11.2. The molecule has 2 aliphatic heterocycles. The van der Waals surface area contributed by atoms with E-state index in [1.807, 2.05) is 34.4 Å². The van der Waals surface area contributed by atoms with Crippen LogP contribution in [0.4, 0.5) is 19.0 Å². The maximum absolute atomic E-state index is 13.6. The highest BCUT2D eigenvalue weighted by Gasteiger charge is 2.43. The Kier molecular flexibility index (Phi) is 7.64. The number of anilines is 1. The lowest BCUT2D eigenvalue weighted by molar-refractivity contribution is -0.165. The van der Waals surface area contributed by atoms with Crippen molar-refractivity contribution in [1.82, 2.24) is 19.3 Å². The number of hydrogen-bond acceptors (Lipinski definition) is 6. The van der Waals surface area contributed by atoms with Gasteiger partial charge < -0.3 is 19.7 Å². The van der Waals surface area contributed by atoms with Crippen LogP contribution in [0.1, 0.15) is 54.5 Å². The molecule has 1 atom stereocenters. The summed E-state index contributed by atoms with van der Waals surface area (Å²) in [6.45, 7) is 5.40. The molecule has 0 spiro atoms. The maximum atomic E-state index is 13.6. The summed E-state index contributed by atoms with van der Waals surface area (Å²) in [4.78, 5) is 24.3. The van der Waals surface area contributed by atoms with Gasteiger partial charge in [-0.25, -0.2) is 9.97 Å². The van der Waals surface area contributed by atoms with Gasteiger partial charge in [0.25, 0.3) is 5.91 Å². The van der Waals surface area contributed by atoms with Crippen LogP contribution in [-0.4, -0.2) is 64.2 Å². The van der Waals surface area contributed by atoms with Crippen molar-refractivity contribution in [3.8, 4) is 0 Å². The molecule has 226 valence electrons. The number of fused-ring (bicyclic) bond motifs is 3. The van der Waals surface area contributed by atoms with Crippen LogP contribution in [0.15, 0.2) is 55.0 Å². The molecule has 1 amide bonds. The third-order valence-electron chi connectivity index (χ3n) is 8.81. The minimum Gasteiger partial charge on any atom is -0.381 e. The molecule has 0 radical (unpaired) electrons. The number of halogens is 3. The van der Waals surface area contributed by atoms with E-state index in [-0.39, 0.29) is 11.5 Å². The Morgan fingerprint density at radius 2 is 1.98 bits per heavy atom. The zero-order valence-electron chi connectivity index (χ0n) is 24.4. The van der Waals surface area contributed by atoms with E-state index in [1.54, 1.807) is 25.7 Å². The molecule has 6 rings (SSSR count). The second kappa shape index (κ2) is 11.3. The van der Waals surface area contributed by atoms with Crippen molar-refractivity contribution in [2.45, 2.75) is 50.9 Å². The van der Waals surface area contributed by atoms with Gasteiger partial charge in [0.15, 0.2) is 11.2 Å². The number of carbonyl (C=O) groups is 1. The molecule has 43 heavy (non-hydrogen) atoms. The fourth-order valence-electron chi connectivity index (χ4n) is 6.30. The van der Waals surface area contributed by atoms with Gasteiger partial charge >= 0.3 is 6.18 Å². The predicted molar refractivity (Wildman–Crippen MR) is 158 cm³/mol. The Morgan fingerprint density at radius 3 is 2.67 bits per heavy atom. The number of hydrogen-bond donors (Lipinski definition) is 1. The molecule has 1 N–H and O–H groups in total. The van der Waals surface area contributed by atoms with Crippen LogP contribution in [0.5, 0.6) is 0 Å². The topological polar surface area (TPSA) is 81.0 Å². The molecule has 0 aliphatic carbocycles. The monoisotopic (exact) mass is 593 g/mol. The van der Waals surface area contributed by atoms with Crippen molar-refractivity contribution in [3.63, 3.8) is 0 Å². The first-order valence-electron chi connectivity index (χ1n) is 14.4. The number of methoxy groups -OCH3 is 1. The Balaban J connectivity index is 1.31. The van der Waals surface area contributed by atoms with E-state index in [0.29, 0.717) is 62.6 Å². The number of carbonyl (C=O) groups excluding carboxylic acids is 1. The summed E-state index contributed by atoms with van der Waals surface area (Å²) in [6.07, 6.45) is 2.76. The number of nitrogens with one attached hydrogen (secondary N) is 1. The Labute approximate surface area is 247 Å². The first-order valence-corrected chi connectivity index (χ1v) is 14.4. The molecule has 11 heteroatoms. The zero-order valence-corrected chi connectivity index (χ0v) is 24.4. The first-order chi connectivity index (χ1) is 20.6. The number of alkyl halides is 3. The second-order valence-corrected chi connectivity index (χ2v) is 11.2. The minimum atomic E-state index is -4.43. The first kappa shape index (κ1) is 29.1. The summed E-state index contributed by atoms with van der Waals surface area (Å²) in [6, 6.07) is 9.91. The molecule has 4 heterocycles. The summed E-state index contributed by atoms with van der Waals surface area (Å²) in [5.41, 5.74) is 2.87. The number of aromatic nitrogens is 3. The van der Waals surface area contributed by atoms with E-state index in [0.717, 1.165) is 28.1 Å². The normalized spacial score (nSPS) is 18.1. The summed E-state index contributed by atoms with van der Waals surface area (Å²) in [5, 5.41) is 4.20. The molecule has 8 nitrogen and oxygen atoms in total. The predicted octanol–water partition coefficient (Wildman–Crippen LogP) is 6.19. The molecular formula is C32H34F3N5O3. The van der Waals surface area contributed by atoms with Crippen molar-refractivity contribution in [2.75, 3.05) is 38.7 Å². The van der Waals surface area contributed by atoms with Gasteiger partial charge in [-0.05, 0) is 60.7 Å². The van der Waals surface area contributed by atoms with Crippen molar-refractivity contribution >= 4 is 33.8 Å². The lowest BCUT2D eigenvalue weighted by Crippen LogP contribution is -2.54.